The van der Waals surface area contributed by atoms with Gasteiger partial charge in [0.15, 0.2) is 5.78 Å². The van der Waals surface area contributed by atoms with Crippen LogP contribution >= 0.6 is 0 Å². The van der Waals surface area contributed by atoms with Gasteiger partial charge in [0.05, 0.1) is 18.4 Å². The van der Waals surface area contributed by atoms with E-state index in [9.17, 15) is 24.0 Å². The summed E-state index contributed by atoms with van der Waals surface area (Å²) in [6.45, 7) is 12.4. The summed E-state index contributed by atoms with van der Waals surface area (Å²) >= 11 is 0. The number of allylic oxidation sites excluding steroid dienone is 3. The van der Waals surface area contributed by atoms with Gasteiger partial charge in [0.2, 0.25) is 0 Å². The molecule has 9 heteroatoms. The molecule has 236 valence electrons. The van der Waals surface area contributed by atoms with Crippen molar-refractivity contribution >= 4 is 29.7 Å². The van der Waals surface area contributed by atoms with Crippen LogP contribution in [0, 0.1) is 23.2 Å². The summed E-state index contributed by atoms with van der Waals surface area (Å²) in [4.78, 5) is 65.6. The lowest BCUT2D eigenvalue weighted by Gasteiger charge is -2.54. The van der Waals surface area contributed by atoms with Crippen LogP contribution in [-0.4, -0.2) is 55.1 Å². The first kappa shape index (κ1) is 35.2. The van der Waals surface area contributed by atoms with Gasteiger partial charge in [0.25, 0.3) is 0 Å². The van der Waals surface area contributed by atoms with E-state index >= 15 is 0 Å². The molecular weight excluding hydrogens is 540 g/mol. The average molecular weight is 591 g/mol. The summed E-state index contributed by atoms with van der Waals surface area (Å²) in [6, 6.07) is 0. The zero-order valence-corrected chi connectivity index (χ0v) is 26.7. The monoisotopic (exact) mass is 590 g/mol. The van der Waals surface area contributed by atoms with Gasteiger partial charge in [0.1, 0.15) is 18.3 Å². The van der Waals surface area contributed by atoms with Gasteiger partial charge in [-0.15, -0.1) is 0 Å². The topological polar surface area (TPSA) is 122 Å². The summed E-state index contributed by atoms with van der Waals surface area (Å²) in [5, 5.41) is 0. The molecule has 0 spiro atoms. The highest BCUT2D eigenvalue weighted by Gasteiger charge is 2.61. The lowest BCUT2D eigenvalue weighted by atomic mass is 9.54. The van der Waals surface area contributed by atoms with E-state index in [0.29, 0.717) is 25.7 Å². The Balaban J connectivity index is 2.75. The Labute approximate surface area is 250 Å². The maximum atomic E-state index is 14.7. The van der Waals surface area contributed by atoms with Crippen molar-refractivity contribution in [3.05, 3.63) is 23.3 Å². The van der Waals surface area contributed by atoms with Crippen molar-refractivity contribution in [2.45, 2.75) is 125 Å². The third kappa shape index (κ3) is 8.54. The van der Waals surface area contributed by atoms with Crippen LogP contribution in [0.1, 0.15) is 106 Å². The molecule has 0 saturated heterocycles. The molecule has 1 saturated carbocycles. The Hall–Kier alpha value is -2.97. The van der Waals surface area contributed by atoms with Gasteiger partial charge >= 0.3 is 23.9 Å². The van der Waals surface area contributed by atoms with Gasteiger partial charge in [-0.2, -0.15) is 0 Å². The average Bonchev–Trinajstić information content (AvgIpc) is 2.92. The van der Waals surface area contributed by atoms with Crippen molar-refractivity contribution in [1.82, 2.24) is 0 Å². The van der Waals surface area contributed by atoms with Gasteiger partial charge in [-0.05, 0) is 39.5 Å². The van der Waals surface area contributed by atoms with E-state index in [-0.39, 0.29) is 36.6 Å². The molecule has 0 aromatic heterocycles. The number of ketones is 1. The standard InChI is InChI=1S/C33H50O9/c1-9-11-12-14-29(36)41-25-19-27(40-23(6)34)33(7)26(42-28(35)13-10-2)18-16-20(3)15-17-24(21(4)32(38)39-8)31(37)30(33)22(25)5/h15,17,21-22,25-27,30H,9-14,16,18-19H2,1-8H3/b20-15-,24-17-/t21-,22-,25-,26+,27+,30-,33+/m1/s1. The zero-order chi connectivity index (χ0) is 31.6. The number of Topliss-reactive ketones (excluding diaryl/α,β-unsaturated/α-hetero) is 1. The minimum Gasteiger partial charge on any atom is -0.469 e. The van der Waals surface area contributed by atoms with Crippen LogP contribution in [0.3, 0.4) is 0 Å². The maximum absolute atomic E-state index is 14.7. The quantitative estimate of drug-likeness (QED) is 0.166. The highest BCUT2D eigenvalue weighted by atomic mass is 16.6. The Bertz CT molecular complexity index is 1060. The highest BCUT2D eigenvalue weighted by Crippen LogP contribution is 2.53. The SMILES string of the molecule is CCCCCC(=O)O[C@@H]1C[C@H](OC(C)=O)[C@]2(C)[C@@H](OC(=O)CCC)CC/C(C)=C\C=C(\[C@@H](C)C(=O)OC)C(=O)[C@H]2[C@@H]1C. The molecule has 0 radical (unpaired) electrons. The first-order valence-corrected chi connectivity index (χ1v) is 15.4. The summed E-state index contributed by atoms with van der Waals surface area (Å²) in [6.07, 6.45) is 5.75. The van der Waals surface area contributed by atoms with Crippen LogP contribution in [0.2, 0.25) is 0 Å². The molecule has 42 heavy (non-hydrogen) atoms. The van der Waals surface area contributed by atoms with Crippen LogP contribution < -0.4 is 0 Å². The van der Waals surface area contributed by atoms with Crippen LogP contribution in [0.4, 0.5) is 0 Å². The van der Waals surface area contributed by atoms with Crippen molar-refractivity contribution < 1.29 is 42.9 Å². The Morgan fingerprint density at radius 1 is 0.976 bits per heavy atom. The fourth-order valence-electron chi connectivity index (χ4n) is 6.38. The summed E-state index contributed by atoms with van der Waals surface area (Å²) in [5.74, 6) is -4.57. The molecule has 9 nitrogen and oxygen atoms in total. The van der Waals surface area contributed by atoms with Crippen molar-refractivity contribution in [3.63, 3.8) is 0 Å². The fraction of sp³-hybridized carbons (Fsp3) is 0.727. The predicted octanol–water partition coefficient (Wildman–Crippen LogP) is 5.83. The third-order valence-corrected chi connectivity index (χ3v) is 8.86. The Morgan fingerprint density at radius 3 is 2.24 bits per heavy atom. The molecule has 2 aliphatic rings. The van der Waals surface area contributed by atoms with Gasteiger partial charge in [-0.3, -0.25) is 24.0 Å². The molecule has 0 bridgehead atoms. The number of methoxy groups -OCH3 is 1. The summed E-state index contributed by atoms with van der Waals surface area (Å²) < 4.78 is 23.0. The molecule has 2 rings (SSSR count). The normalized spacial score (nSPS) is 31.2. The maximum Gasteiger partial charge on any atom is 0.312 e. The lowest BCUT2D eigenvalue weighted by molar-refractivity contribution is -0.210. The lowest BCUT2D eigenvalue weighted by Crippen LogP contribution is -2.62. The number of fused-ring (bicyclic) bond motifs is 1. The second kappa shape index (κ2) is 16.0. The summed E-state index contributed by atoms with van der Waals surface area (Å²) in [5.41, 5.74) is -0.00693. The Morgan fingerprint density at radius 2 is 1.64 bits per heavy atom. The van der Waals surface area contributed by atoms with E-state index in [1.54, 1.807) is 13.0 Å². The predicted molar refractivity (Wildman–Crippen MR) is 157 cm³/mol. The van der Waals surface area contributed by atoms with Crippen molar-refractivity contribution in [1.29, 1.82) is 0 Å². The van der Waals surface area contributed by atoms with Crippen LogP contribution in [0.25, 0.3) is 0 Å². The van der Waals surface area contributed by atoms with E-state index in [2.05, 4.69) is 0 Å². The van der Waals surface area contributed by atoms with Crippen LogP contribution in [0.15, 0.2) is 23.3 Å². The number of ether oxygens (including phenoxy) is 4. The minimum absolute atomic E-state index is 0.156. The number of carbonyl (C=O) groups is 5. The second-order valence-corrected chi connectivity index (χ2v) is 12.0. The van der Waals surface area contributed by atoms with E-state index in [1.165, 1.54) is 14.0 Å². The van der Waals surface area contributed by atoms with E-state index < -0.39 is 59.4 Å². The molecule has 1 fully saturated rings. The second-order valence-electron chi connectivity index (χ2n) is 12.0. The largest absolute Gasteiger partial charge is 0.469 e. The number of esters is 4. The van der Waals surface area contributed by atoms with Gasteiger partial charge in [0, 0.05) is 43.6 Å². The summed E-state index contributed by atoms with van der Waals surface area (Å²) in [7, 11) is 1.27. The number of carbonyl (C=O) groups excluding carboxylic acids is 5. The molecule has 2 aliphatic carbocycles. The minimum atomic E-state index is -1.18. The molecule has 0 heterocycles. The molecule has 0 aromatic carbocycles. The molecule has 7 atom stereocenters. The number of unbranched alkanes of at least 4 members (excludes halogenated alkanes) is 2. The number of hydrogen-bond donors (Lipinski definition) is 0. The third-order valence-electron chi connectivity index (χ3n) is 8.86. The van der Waals surface area contributed by atoms with E-state index in [4.69, 9.17) is 18.9 Å². The molecular formula is C33H50O9. The van der Waals surface area contributed by atoms with Gasteiger partial charge in [-0.1, -0.05) is 58.3 Å². The number of hydrogen-bond acceptors (Lipinski definition) is 9. The van der Waals surface area contributed by atoms with E-state index in [0.717, 1.165) is 18.4 Å². The van der Waals surface area contributed by atoms with Gasteiger partial charge in [-0.25, -0.2) is 0 Å². The van der Waals surface area contributed by atoms with Crippen LogP contribution in [-0.2, 0) is 42.9 Å². The number of rotatable bonds is 11. The van der Waals surface area contributed by atoms with E-state index in [1.807, 2.05) is 40.7 Å². The molecule has 0 unspecified atom stereocenters. The smallest absolute Gasteiger partial charge is 0.312 e. The van der Waals surface area contributed by atoms with Gasteiger partial charge < -0.3 is 18.9 Å². The first-order chi connectivity index (χ1) is 19.8. The molecule has 0 N–H and O–H groups in total. The van der Waals surface area contributed by atoms with Crippen molar-refractivity contribution in [2.75, 3.05) is 7.11 Å². The Kier molecular flexibility index (Phi) is 13.4. The first-order valence-electron chi connectivity index (χ1n) is 15.4. The fourth-order valence-corrected chi connectivity index (χ4v) is 6.38. The highest BCUT2D eigenvalue weighted by molar-refractivity contribution is 6.03. The van der Waals surface area contributed by atoms with Crippen molar-refractivity contribution in [3.8, 4) is 0 Å². The van der Waals surface area contributed by atoms with Crippen molar-refractivity contribution in [2.24, 2.45) is 23.2 Å². The van der Waals surface area contributed by atoms with Crippen LogP contribution in [0.5, 0.6) is 0 Å². The molecule has 0 aromatic rings. The zero-order valence-electron chi connectivity index (χ0n) is 26.7. The molecule has 0 aliphatic heterocycles. The molecule has 0 amide bonds.